The molecule has 4 fully saturated rings. The van der Waals surface area contributed by atoms with Crippen molar-refractivity contribution in [3.63, 3.8) is 0 Å². The van der Waals surface area contributed by atoms with Crippen molar-refractivity contribution in [2.24, 2.45) is 14.1 Å². The molecule has 306 valence electrons. The first-order valence-electron chi connectivity index (χ1n) is 22.2. The van der Waals surface area contributed by atoms with Gasteiger partial charge in [0.05, 0.1) is 29.6 Å². The summed E-state index contributed by atoms with van der Waals surface area (Å²) in [6.45, 7) is 0. The summed E-state index contributed by atoms with van der Waals surface area (Å²) < 4.78 is 9.55. The molecule has 4 aromatic heterocycles. The summed E-state index contributed by atoms with van der Waals surface area (Å²) in [7, 11) is 5.71. The van der Waals surface area contributed by atoms with Crippen LogP contribution in [0.1, 0.15) is 179 Å². The number of pyridine rings is 2. The maximum atomic E-state index is 12.4. The Balaban J connectivity index is 0.000000152. The number of aromatic carboxylic acids is 1. The quantitative estimate of drug-likeness (QED) is 0.139. The summed E-state index contributed by atoms with van der Waals surface area (Å²) in [4.78, 5) is 33.5. The average molecular weight is 791 g/mol. The van der Waals surface area contributed by atoms with Gasteiger partial charge in [-0.05, 0) is 145 Å². The van der Waals surface area contributed by atoms with Gasteiger partial charge in [0.15, 0.2) is 0 Å². The van der Waals surface area contributed by atoms with Crippen LogP contribution in [0.2, 0.25) is 0 Å². The fraction of sp³-hybridized carbons (Fsp3) is 0.451. The molecular weight excluding hydrogens is 733 g/mol. The van der Waals surface area contributed by atoms with Crippen molar-refractivity contribution in [2.45, 2.75) is 126 Å². The highest BCUT2D eigenvalue weighted by Crippen LogP contribution is 2.42. The maximum Gasteiger partial charge on any atom is 0.339 e. The Morgan fingerprint density at radius 3 is 1.47 bits per heavy atom. The molecule has 0 spiro atoms. The molecule has 4 heterocycles. The first-order valence-corrected chi connectivity index (χ1v) is 22.2. The summed E-state index contributed by atoms with van der Waals surface area (Å²) >= 11 is 0. The number of fused-ring (bicyclic) bond motifs is 2. The Bertz CT molecular complexity index is 2510. The molecule has 10 rings (SSSR count). The molecule has 4 aliphatic carbocycles. The van der Waals surface area contributed by atoms with Crippen LogP contribution in [0.5, 0.6) is 0 Å². The zero-order valence-corrected chi connectivity index (χ0v) is 35.0. The standard InChI is InChI=1S/C26H30N2O2.C25H28N2O2/c1-28-16-23(19-6-4-3-5-7-19)21-12-17(8-11-25(21)28)13-24-22(26(29)30-2)14-20(15-27-24)18-9-10-18;1-27-15-22(18-5-3-2-4-6-18)20-11-16(7-10-24(20)27)12-23-21(25(28)29)13-19(14-26-23)17-8-9-17/h8,11-12,14-16,18-19H,3-7,9-10,13H2,1-2H3;7,10-11,13-15,17-18H,2-6,8-9,12H2,1H3,(H,28,29). The molecule has 0 saturated heterocycles. The molecule has 2 aromatic carbocycles. The monoisotopic (exact) mass is 790 g/mol. The second-order valence-electron chi connectivity index (χ2n) is 18.0. The van der Waals surface area contributed by atoms with Crippen molar-refractivity contribution in [1.82, 2.24) is 19.1 Å². The predicted molar refractivity (Wildman–Crippen MR) is 234 cm³/mol. The average Bonchev–Trinajstić information content (AvgIpc) is 4.21. The Hall–Kier alpha value is -5.24. The number of aromatic nitrogens is 4. The van der Waals surface area contributed by atoms with E-state index in [1.807, 2.05) is 24.5 Å². The van der Waals surface area contributed by atoms with Crippen molar-refractivity contribution < 1.29 is 19.4 Å². The lowest BCUT2D eigenvalue weighted by atomic mass is 9.84. The van der Waals surface area contributed by atoms with Crippen molar-refractivity contribution in [1.29, 1.82) is 0 Å². The number of methoxy groups -OCH3 is 1. The molecule has 59 heavy (non-hydrogen) atoms. The summed E-state index contributed by atoms with van der Waals surface area (Å²) in [6, 6.07) is 17.1. The summed E-state index contributed by atoms with van der Waals surface area (Å²) in [5.74, 6) is 1.22. The van der Waals surface area contributed by atoms with Gasteiger partial charge in [-0.3, -0.25) is 9.97 Å². The molecule has 0 unspecified atom stereocenters. The number of benzene rings is 2. The third-order valence-corrected chi connectivity index (χ3v) is 13.7. The number of aryl methyl sites for hydroxylation is 2. The molecule has 0 bridgehead atoms. The van der Waals surface area contributed by atoms with Crippen LogP contribution < -0.4 is 0 Å². The lowest BCUT2D eigenvalue weighted by molar-refractivity contribution is 0.0598. The number of carboxylic acids is 1. The fourth-order valence-electron chi connectivity index (χ4n) is 10.1. The number of ether oxygens (including phenoxy) is 1. The van der Waals surface area contributed by atoms with Gasteiger partial charge in [-0.2, -0.15) is 0 Å². The first-order chi connectivity index (χ1) is 28.7. The first kappa shape index (κ1) is 39.2. The van der Waals surface area contributed by atoms with Crippen molar-refractivity contribution in [3.8, 4) is 0 Å². The highest BCUT2D eigenvalue weighted by Gasteiger charge is 2.28. The molecule has 0 aliphatic heterocycles. The van der Waals surface area contributed by atoms with E-state index in [9.17, 15) is 14.7 Å². The summed E-state index contributed by atoms with van der Waals surface area (Å²) in [6.07, 6.45) is 27.5. The predicted octanol–water partition coefficient (Wildman–Crippen LogP) is 11.7. The second kappa shape index (κ2) is 16.8. The van der Waals surface area contributed by atoms with Gasteiger partial charge in [0.25, 0.3) is 0 Å². The van der Waals surface area contributed by atoms with Crippen LogP contribution in [0.4, 0.5) is 0 Å². The zero-order chi connectivity index (χ0) is 40.6. The Morgan fingerprint density at radius 1 is 0.610 bits per heavy atom. The SMILES string of the molecule is COC(=O)c1cc(C2CC2)cnc1Cc1ccc2c(c1)c(C1CCCCC1)cn2C.Cn1cc(C2CCCCC2)c2cc(Cc3ncc(C4CC4)cc3C(=O)O)ccc21. The highest BCUT2D eigenvalue weighted by molar-refractivity contribution is 5.91. The second-order valence-corrected chi connectivity index (χ2v) is 18.0. The van der Waals surface area contributed by atoms with E-state index in [4.69, 9.17) is 9.72 Å². The molecule has 1 N–H and O–H groups in total. The molecule has 8 nitrogen and oxygen atoms in total. The van der Waals surface area contributed by atoms with Gasteiger partial charge in [0.2, 0.25) is 0 Å². The van der Waals surface area contributed by atoms with E-state index in [1.165, 1.54) is 123 Å². The lowest BCUT2D eigenvalue weighted by Gasteiger charge is -2.21. The van der Waals surface area contributed by atoms with E-state index in [-0.39, 0.29) is 5.97 Å². The molecule has 0 atom stereocenters. The summed E-state index contributed by atoms with van der Waals surface area (Å²) in [5.41, 5.74) is 12.5. The lowest BCUT2D eigenvalue weighted by Crippen LogP contribution is -2.09. The van der Waals surface area contributed by atoms with Crippen LogP contribution in [-0.4, -0.2) is 43.3 Å². The Morgan fingerprint density at radius 2 is 1.05 bits per heavy atom. The third kappa shape index (κ3) is 8.46. The van der Waals surface area contributed by atoms with Gasteiger partial charge in [-0.15, -0.1) is 0 Å². The van der Waals surface area contributed by atoms with E-state index in [1.54, 1.807) is 0 Å². The smallest absolute Gasteiger partial charge is 0.339 e. The summed E-state index contributed by atoms with van der Waals surface area (Å²) in [5, 5.41) is 12.4. The van der Waals surface area contributed by atoms with Gasteiger partial charge in [0, 0.05) is 73.5 Å². The fourth-order valence-corrected chi connectivity index (χ4v) is 10.1. The van der Waals surface area contributed by atoms with Gasteiger partial charge in [-0.25, -0.2) is 9.59 Å². The number of nitrogens with zero attached hydrogens (tertiary/aromatic N) is 4. The van der Waals surface area contributed by atoms with E-state index in [0.29, 0.717) is 53.3 Å². The number of carbonyl (C=O) groups is 2. The van der Waals surface area contributed by atoms with E-state index >= 15 is 0 Å². The molecule has 4 saturated carbocycles. The largest absolute Gasteiger partial charge is 0.478 e. The number of hydrogen-bond acceptors (Lipinski definition) is 5. The maximum absolute atomic E-state index is 12.4. The van der Waals surface area contributed by atoms with Crippen LogP contribution in [0.25, 0.3) is 21.8 Å². The number of esters is 1. The van der Waals surface area contributed by atoms with E-state index in [2.05, 4.69) is 77.0 Å². The zero-order valence-electron chi connectivity index (χ0n) is 35.0. The Labute approximate surface area is 348 Å². The van der Waals surface area contributed by atoms with Crippen LogP contribution in [0, 0.1) is 0 Å². The van der Waals surface area contributed by atoms with E-state index in [0.717, 1.165) is 35.2 Å². The van der Waals surface area contributed by atoms with Crippen molar-refractivity contribution >= 4 is 33.7 Å². The molecule has 0 amide bonds. The van der Waals surface area contributed by atoms with Crippen LogP contribution >= 0.6 is 0 Å². The van der Waals surface area contributed by atoms with Crippen LogP contribution in [0.15, 0.2) is 73.3 Å². The van der Waals surface area contributed by atoms with Gasteiger partial charge < -0.3 is 19.0 Å². The minimum absolute atomic E-state index is 0.288. The van der Waals surface area contributed by atoms with Crippen molar-refractivity contribution in [2.75, 3.05) is 7.11 Å². The number of rotatable bonds is 10. The van der Waals surface area contributed by atoms with Crippen molar-refractivity contribution in [3.05, 3.63) is 129 Å². The molecule has 4 aliphatic rings. The van der Waals surface area contributed by atoms with Crippen LogP contribution in [-0.2, 0) is 31.7 Å². The molecule has 0 radical (unpaired) electrons. The van der Waals surface area contributed by atoms with Crippen LogP contribution in [0.3, 0.4) is 0 Å². The Kier molecular flexibility index (Phi) is 11.2. The minimum atomic E-state index is -0.876. The highest BCUT2D eigenvalue weighted by atomic mass is 16.5. The minimum Gasteiger partial charge on any atom is -0.478 e. The molecular formula is C51H58N4O4. The topological polar surface area (TPSA) is 99.2 Å². The third-order valence-electron chi connectivity index (χ3n) is 13.7. The van der Waals surface area contributed by atoms with E-state index < -0.39 is 5.97 Å². The number of carboxylic acid groups (broad SMARTS) is 1. The molecule has 8 heteroatoms. The van der Waals surface area contributed by atoms with Gasteiger partial charge in [-0.1, -0.05) is 50.7 Å². The normalized spacial score (nSPS) is 17.5. The molecule has 6 aromatic rings. The number of carbonyl (C=O) groups excluding carboxylic acids is 1. The number of hydrogen-bond donors (Lipinski definition) is 1. The van der Waals surface area contributed by atoms with Gasteiger partial charge >= 0.3 is 11.9 Å². The van der Waals surface area contributed by atoms with Gasteiger partial charge in [0.1, 0.15) is 0 Å².